The van der Waals surface area contributed by atoms with Crippen LogP contribution in [0.3, 0.4) is 0 Å². The lowest BCUT2D eigenvalue weighted by atomic mass is 10.2. The highest BCUT2D eigenvalue weighted by molar-refractivity contribution is 8.14. The summed E-state index contributed by atoms with van der Waals surface area (Å²) in [6.07, 6.45) is 0.430. The Balaban J connectivity index is 2.14. The van der Waals surface area contributed by atoms with E-state index in [4.69, 9.17) is 9.15 Å². The minimum atomic E-state index is -1.02. The van der Waals surface area contributed by atoms with Crippen molar-refractivity contribution in [1.82, 2.24) is 0 Å². The summed E-state index contributed by atoms with van der Waals surface area (Å²) < 4.78 is 10.00. The molecule has 0 amide bonds. The van der Waals surface area contributed by atoms with E-state index in [1.807, 2.05) is 0 Å². The second-order valence-corrected chi connectivity index (χ2v) is 5.18. The molecule has 1 aromatic rings. The van der Waals surface area contributed by atoms with Gasteiger partial charge in [-0.1, -0.05) is 11.8 Å². The molecule has 3 atom stereocenters. The second kappa shape index (κ2) is 6.23. The van der Waals surface area contributed by atoms with E-state index in [0.717, 1.165) is 0 Å². The number of aliphatic imine (C=N–C) groups is 1. The van der Waals surface area contributed by atoms with Crippen LogP contribution in [0.1, 0.15) is 18.8 Å². The lowest BCUT2D eigenvalue weighted by Crippen LogP contribution is -2.31. The van der Waals surface area contributed by atoms with Crippen molar-refractivity contribution in [3.8, 4) is 0 Å². The molecule has 1 aliphatic rings. The fourth-order valence-electron chi connectivity index (χ4n) is 1.74. The van der Waals surface area contributed by atoms with Crippen LogP contribution in [-0.2, 0) is 9.53 Å². The largest absolute Gasteiger partial charge is 0.466 e. The van der Waals surface area contributed by atoms with Crippen molar-refractivity contribution in [1.29, 1.82) is 0 Å². The van der Waals surface area contributed by atoms with Gasteiger partial charge in [0, 0.05) is 0 Å². The van der Waals surface area contributed by atoms with E-state index in [1.165, 1.54) is 18.0 Å². The molecule has 6 nitrogen and oxygen atoms in total. The van der Waals surface area contributed by atoms with Crippen molar-refractivity contribution in [3.63, 3.8) is 0 Å². The number of carbonyl (C=O) groups is 1. The van der Waals surface area contributed by atoms with Crippen LogP contribution in [0.5, 0.6) is 0 Å². The molecule has 104 valence electrons. The fraction of sp³-hybridized carbons (Fsp3) is 0.500. The molecule has 7 heteroatoms. The van der Waals surface area contributed by atoms with Crippen molar-refractivity contribution in [2.24, 2.45) is 4.99 Å². The van der Waals surface area contributed by atoms with Gasteiger partial charge in [-0.3, -0.25) is 4.99 Å². The number of aliphatic hydroxyl groups excluding tert-OH is 2. The van der Waals surface area contributed by atoms with E-state index in [-0.39, 0.29) is 13.2 Å². The Labute approximate surface area is 114 Å². The number of ether oxygens (including phenoxy) is 1. The molecule has 2 rings (SSSR count). The van der Waals surface area contributed by atoms with Crippen LogP contribution < -0.4 is 0 Å². The zero-order valence-electron chi connectivity index (χ0n) is 10.4. The topological polar surface area (TPSA) is 92.3 Å². The summed E-state index contributed by atoms with van der Waals surface area (Å²) in [5.74, 6) is -0.136. The van der Waals surface area contributed by atoms with Gasteiger partial charge in [0.1, 0.15) is 10.8 Å². The van der Waals surface area contributed by atoms with Gasteiger partial charge in [-0.05, 0) is 19.1 Å². The normalized spacial score (nSPS) is 24.1. The molecule has 0 spiro atoms. The van der Waals surface area contributed by atoms with Crippen molar-refractivity contribution in [3.05, 3.63) is 24.2 Å². The van der Waals surface area contributed by atoms with Crippen molar-refractivity contribution in [2.45, 2.75) is 24.3 Å². The van der Waals surface area contributed by atoms with E-state index in [2.05, 4.69) is 4.99 Å². The SMILES string of the molecule is CCOC(=O)C1N=C(C(O)c2ccco2)SC1CO. The first-order valence-electron chi connectivity index (χ1n) is 5.90. The van der Waals surface area contributed by atoms with E-state index in [0.29, 0.717) is 10.8 Å². The first-order chi connectivity index (χ1) is 9.17. The summed E-state index contributed by atoms with van der Waals surface area (Å²) in [5, 5.41) is 19.3. The van der Waals surface area contributed by atoms with E-state index >= 15 is 0 Å². The average Bonchev–Trinajstić information content (AvgIpc) is 3.07. The van der Waals surface area contributed by atoms with Crippen LogP contribution in [0.2, 0.25) is 0 Å². The highest BCUT2D eigenvalue weighted by atomic mass is 32.2. The third-order valence-electron chi connectivity index (χ3n) is 2.65. The predicted octanol–water partition coefficient (Wildman–Crippen LogP) is 0.751. The number of esters is 1. The highest BCUT2D eigenvalue weighted by Crippen LogP contribution is 2.34. The Kier molecular flexibility index (Phi) is 4.62. The molecule has 0 saturated heterocycles. The van der Waals surface area contributed by atoms with Gasteiger partial charge >= 0.3 is 5.97 Å². The fourth-order valence-corrected chi connectivity index (χ4v) is 2.85. The summed E-state index contributed by atoms with van der Waals surface area (Å²) >= 11 is 1.17. The highest BCUT2D eigenvalue weighted by Gasteiger charge is 2.39. The van der Waals surface area contributed by atoms with Gasteiger partial charge < -0.3 is 19.4 Å². The van der Waals surface area contributed by atoms with Crippen LogP contribution in [0, 0.1) is 0 Å². The molecule has 19 heavy (non-hydrogen) atoms. The Hall–Kier alpha value is -1.31. The molecule has 0 radical (unpaired) electrons. The number of thioether (sulfide) groups is 1. The van der Waals surface area contributed by atoms with Gasteiger partial charge in [0.15, 0.2) is 12.1 Å². The quantitative estimate of drug-likeness (QED) is 0.776. The van der Waals surface area contributed by atoms with Gasteiger partial charge in [-0.2, -0.15) is 0 Å². The number of carbonyl (C=O) groups excluding carboxylic acids is 1. The van der Waals surface area contributed by atoms with Crippen LogP contribution in [0.15, 0.2) is 27.8 Å². The van der Waals surface area contributed by atoms with Crippen molar-refractivity contribution < 1.29 is 24.2 Å². The Bertz CT molecular complexity index is 459. The molecule has 0 aliphatic carbocycles. The van der Waals surface area contributed by atoms with E-state index in [9.17, 15) is 15.0 Å². The lowest BCUT2D eigenvalue weighted by molar-refractivity contribution is -0.144. The molecule has 3 unspecified atom stereocenters. The summed E-state index contributed by atoms with van der Waals surface area (Å²) in [6, 6.07) is 2.50. The molecule has 0 saturated carbocycles. The Morgan fingerprint density at radius 3 is 3.05 bits per heavy atom. The Morgan fingerprint density at radius 2 is 2.47 bits per heavy atom. The number of nitrogens with zero attached hydrogens (tertiary/aromatic N) is 1. The Morgan fingerprint density at radius 1 is 1.68 bits per heavy atom. The number of hydrogen-bond acceptors (Lipinski definition) is 7. The van der Waals surface area contributed by atoms with Gasteiger partial charge in [-0.15, -0.1) is 0 Å². The van der Waals surface area contributed by atoms with Crippen LogP contribution >= 0.6 is 11.8 Å². The molecule has 1 aliphatic heterocycles. The molecule has 1 aromatic heterocycles. The standard InChI is InChI=1S/C12H15NO5S/c1-2-17-12(16)9-8(6-14)19-11(13-9)10(15)7-4-3-5-18-7/h3-5,8-10,14-15H,2,6H2,1H3. The van der Waals surface area contributed by atoms with E-state index < -0.39 is 23.4 Å². The third kappa shape index (κ3) is 2.99. The maximum atomic E-state index is 11.7. The summed E-state index contributed by atoms with van der Waals surface area (Å²) in [4.78, 5) is 15.9. The number of aliphatic hydroxyl groups is 2. The smallest absolute Gasteiger partial charge is 0.332 e. The summed E-state index contributed by atoms with van der Waals surface area (Å²) in [7, 11) is 0. The number of furan rings is 1. The van der Waals surface area contributed by atoms with Crippen LogP contribution in [0.4, 0.5) is 0 Å². The molecule has 0 bridgehead atoms. The van der Waals surface area contributed by atoms with Crippen molar-refractivity contribution >= 4 is 22.8 Å². The van der Waals surface area contributed by atoms with Gasteiger partial charge in [0.2, 0.25) is 0 Å². The van der Waals surface area contributed by atoms with Crippen LogP contribution in [-0.4, -0.2) is 45.7 Å². The molecule has 2 heterocycles. The number of rotatable bonds is 5. The number of hydrogen-bond donors (Lipinski definition) is 2. The first-order valence-corrected chi connectivity index (χ1v) is 6.78. The maximum Gasteiger partial charge on any atom is 0.332 e. The minimum Gasteiger partial charge on any atom is -0.466 e. The van der Waals surface area contributed by atoms with Gasteiger partial charge in [-0.25, -0.2) is 4.79 Å². The summed E-state index contributed by atoms with van der Waals surface area (Å²) in [5.41, 5.74) is 0. The molecular formula is C12H15NO5S. The van der Waals surface area contributed by atoms with Crippen LogP contribution in [0.25, 0.3) is 0 Å². The zero-order valence-corrected chi connectivity index (χ0v) is 11.2. The second-order valence-electron chi connectivity index (χ2n) is 3.92. The van der Waals surface area contributed by atoms with Gasteiger partial charge in [0.05, 0.1) is 24.7 Å². The average molecular weight is 285 g/mol. The van der Waals surface area contributed by atoms with Crippen molar-refractivity contribution in [2.75, 3.05) is 13.2 Å². The maximum absolute atomic E-state index is 11.7. The molecular weight excluding hydrogens is 270 g/mol. The minimum absolute atomic E-state index is 0.216. The first kappa shape index (κ1) is 14.1. The predicted molar refractivity (Wildman–Crippen MR) is 70.0 cm³/mol. The van der Waals surface area contributed by atoms with Gasteiger partial charge in [0.25, 0.3) is 0 Å². The molecule has 2 N–H and O–H groups in total. The lowest BCUT2D eigenvalue weighted by Gasteiger charge is -2.12. The summed E-state index contributed by atoms with van der Waals surface area (Å²) in [6.45, 7) is 1.74. The zero-order chi connectivity index (χ0) is 13.8. The molecule has 0 fully saturated rings. The van der Waals surface area contributed by atoms with E-state index in [1.54, 1.807) is 19.1 Å². The third-order valence-corrected chi connectivity index (χ3v) is 3.93. The molecule has 0 aromatic carbocycles. The monoisotopic (exact) mass is 285 g/mol.